The number of rotatable bonds is 4. The summed E-state index contributed by atoms with van der Waals surface area (Å²) in [6, 6.07) is 8.10. The molecule has 1 aliphatic rings. The lowest BCUT2D eigenvalue weighted by molar-refractivity contribution is 0.220. The number of hydrogen-bond donors (Lipinski definition) is 0. The van der Waals surface area contributed by atoms with E-state index in [1.165, 1.54) is 20.7 Å². The normalized spacial score (nSPS) is 22.0. The minimum absolute atomic E-state index is 0.138. The van der Waals surface area contributed by atoms with Crippen LogP contribution in [0.4, 0.5) is 0 Å². The Labute approximate surface area is 126 Å². The smallest absolute Gasteiger partial charge is 0.212 e. The predicted octanol–water partition coefficient (Wildman–Crippen LogP) is 0.935. The molecule has 21 heavy (non-hydrogen) atoms. The molecule has 0 amide bonds. The lowest BCUT2D eigenvalue weighted by atomic mass is 10.2. The van der Waals surface area contributed by atoms with E-state index in [2.05, 4.69) is 0 Å². The maximum absolute atomic E-state index is 12.7. The molecule has 118 valence electrons. The van der Waals surface area contributed by atoms with Crippen LogP contribution in [0.15, 0.2) is 35.2 Å². The van der Waals surface area contributed by atoms with E-state index in [9.17, 15) is 16.8 Å². The van der Waals surface area contributed by atoms with Gasteiger partial charge in [0.15, 0.2) is 0 Å². The maximum Gasteiger partial charge on any atom is 0.244 e. The van der Waals surface area contributed by atoms with Gasteiger partial charge >= 0.3 is 0 Å². The minimum Gasteiger partial charge on any atom is -0.212 e. The Hall–Kier alpha value is -0.960. The van der Waals surface area contributed by atoms with E-state index in [-0.39, 0.29) is 23.9 Å². The van der Waals surface area contributed by atoms with E-state index < -0.39 is 26.2 Å². The lowest BCUT2D eigenvalue weighted by Crippen LogP contribution is -2.47. The van der Waals surface area contributed by atoms with Gasteiger partial charge in [0.2, 0.25) is 20.0 Å². The first-order chi connectivity index (χ1) is 9.65. The van der Waals surface area contributed by atoms with Crippen molar-refractivity contribution in [3.63, 3.8) is 0 Å². The molecule has 0 bridgehead atoms. The Bertz CT molecular complexity index is 699. The molecule has 1 aromatic rings. The van der Waals surface area contributed by atoms with Gasteiger partial charge in [-0.2, -0.15) is 8.61 Å². The van der Waals surface area contributed by atoms with Crippen molar-refractivity contribution in [2.45, 2.75) is 24.9 Å². The van der Waals surface area contributed by atoms with Gasteiger partial charge in [0, 0.05) is 13.1 Å². The second-order valence-corrected chi connectivity index (χ2v) is 9.29. The van der Waals surface area contributed by atoms with Gasteiger partial charge in [-0.25, -0.2) is 16.8 Å². The Morgan fingerprint density at radius 1 is 1.00 bits per heavy atom. The van der Waals surface area contributed by atoms with E-state index in [0.717, 1.165) is 6.26 Å². The van der Waals surface area contributed by atoms with Gasteiger partial charge < -0.3 is 0 Å². The summed E-state index contributed by atoms with van der Waals surface area (Å²) in [6.07, 6.45) is 0.436. The largest absolute Gasteiger partial charge is 0.244 e. The highest BCUT2D eigenvalue weighted by Crippen LogP contribution is 2.29. The number of nitrogens with zero attached hydrogens (tertiary/aromatic N) is 2. The Kier molecular flexibility index (Phi) is 4.44. The van der Waals surface area contributed by atoms with Gasteiger partial charge in [-0.3, -0.25) is 0 Å². The first-order valence-corrected chi connectivity index (χ1v) is 9.98. The van der Waals surface area contributed by atoms with E-state index >= 15 is 0 Å². The highest BCUT2D eigenvalue weighted by atomic mass is 32.2. The van der Waals surface area contributed by atoms with Crippen molar-refractivity contribution in [2.75, 3.05) is 19.3 Å². The van der Waals surface area contributed by atoms with Crippen LogP contribution in [0.3, 0.4) is 0 Å². The maximum atomic E-state index is 12.7. The second kappa shape index (κ2) is 5.68. The third-order valence-electron chi connectivity index (χ3n) is 3.50. The predicted molar refractivity (Wildman–Crippen MR) is 80.5 cm³/mol. The van der Waals surface area contributed by atoms with E-state index in [1.54, 1.807) is 18.2 Å². The molecule has 1 aromatic carbocycles. The molecule has 0 N–H and O–H groups in total. The number of sulfonamides is 2. The first kappa shape index (κ1) is 16.4. The fourth-order valence-corrected chi connectivity index (χ4v) is 5.58. The molecule has 8 heteroatoms. The van der Waals surface area contributed by atoms with Crippen LogP contribution in [0.5, 0.6) is 0 Å². The molecule has 0 aliphatic carbocycles. The monoisotopic (exact) mass is 332 g/mol. The zero-order valence-electron chi connectivity index (χ0n) is 12.3. The second-order valence-electron chi connectivity index (χ2n) is 5.46. The van der Waals surface area contributed by atoms with Crippen molar-refractivity contribution in [2.24, 2.45) is 5.92 Å². The molecule has 1 heterocycles. The van der Waals surface area contributed by atoms with E-state index in [0.29, 0.717) is 0 Å². The van der Waals surface area contributed by atoms with Crippen LogP contribution < -0.4 is 0 Å². The van der Waals surface area contributed by atoms with E-state index in [1.807, 2.05) is 13.8 Å². The van der Waals surface area contributed by atoms with Crippen LogP contribution in [-0.2, 0) is 20.0 Å². The first-order valence-electron chi connectivity index (χ1n) is 6.69. The van der Waals surface area contributed by atoms with E-state index in [4.69, 9.17) is 0 Å². The molecule has 0 radical (unpaired) electrons. The Morgan fingerprint density at radius 2 is 1.52 bits per heavy atom. The Morgan fingerprint density at radius 3 is 2.00 bits per heavy atom. The number of benzene rings is 1. The molecule has 0 aromatic heterocycles. The van der Waals surface area contributed by atoms with Gasteiger partial charge in [-0.1, -0.05) is 32.0 Å². The zero-order chi connectivity index (χ0) is 15.8. The summed E-state index contributed by atoms with van der Waals surface area (Å²) in [7, 11) is -7.14. The van der Waals surface area contributed by atoms with Crippen LogP contribution in [0.1, 0.15) is 13.8 Å². The van der Waals surface area contributed by atoms with Crippen molar-refractivity contribution in [3.05, 3.63) is 30.3 Å². The quantitative estimate of drug-likeness (QED) is 0.822. The molecule has 1 aliphatic heterocycles. The molecule has 0 spiro atoms. The summed E-state index contributed by atoms with van der Waals surface area (Å²) >= 11 is 0. The molecular formula is C13H20N2O4S2. The van der Waals surface area contributed by atoms with Crippen LogP contribution in [0.2, 0.25) is 0 Å². The van der Waals surface area contributed by atoms with Crippen molar-refractivity contribution in [1.29, 1.82) is 0 Å². The molecule has 0 unspecified atom stereocenters. The summed E-state index contributed by atoms with van der Waals surface area (Å²) in [6.45, 7) is 4.00. The third-order valence-corrected chi connectivity index (χ3v) is 6.64. The van der Waals surface area contributed by atoms with Gasteiger partial charge in [-0.15, -0.1) is 0 Å². The van der Waals surface area contributed by atoms with Gasteiger partial charge in [0.05, 0.1) is 17.3 Å². The topological polar surface area (TPSA) is 74.8 Å². The summed E-state index contributed by atoms with van der Waals surface area (Å²) in [4.78, 5) is 0.186. The molecule has 1 saturated heterocycles. The molecule has 0 saturated carbocycles. The van der Waals surface area contributed by atoms with Crippen LogP contribution >= 0.6 is 0 Å². The minimum atomic E-state index is -3.70. The molecule has 6 nitrogen and oxygen atoms in total. The summed E-state index contributed by atoms with van der Waals surface area (Å²) < 4.78 is 51.7. The molecule has 2 rings (SSSR count). The summed E-state index contributed by atoms with van der Waals surface area (Å²) in [5.74, 6) is -0.138. The van der Waals surface area contributed by atoms with Crippen molar-refractivity contribution in [3.8, 4) is 0 Å². The fourth-order valence-electron chi connectivity index (χ4n) is 2.62. The van der Waals surface area contributed by atoms with Crippen LogP contribution in [0.25, 0.3) is 0 Å². The van der Waals surface area contributed by atoms with Gasteiger partial charge in [-0.05, 0) is 18.1 Å². The van der Waals surface area contributed by atoms with Crippen molar-refractivity contribution < 1.29 is 16.8 Å². The van der Waals surface area contributed by atoms with Crippen LogP contribution in [-0.4, -0.2) is 51.0 Å². The SMILES string of the molecule is CC(C)[C@@H]1N(S(C)(=O)=O)CCN1S(=O)(=O)c1ccccc1. The average molecular weight is 332 g/mol. The van der Waals surface area contributed by atoms with Gasteiger partial charge in [0.1, 0.15) is 0 Å². The van der Waals surface area contributed by atoms with Gasteiger partial charge in [0.25, 0.3) is 0 Å². The Balaban J connectivity index is 2.45. The van der Waals surface area contributed by atoms with Crippen LogP contribution in [0, 0.1) is 5.92 Å². The zero-order valence-corrected chi connectivity index (χ0v) is 13.9. The average Bonchev–Trinajstić information content (AvgIpc) is 2.85. The highest BCUT2D eigenvalue weighted by Gasteiger charge is 2.45. The third kappa shape index (κ3) is 3.13. The summed E-state index contributed by atoms with van der Waals surface area (Å²) in [5.41, 5.74) is 0. The number of hydrogen-bond acceptors (Lipinski definition) is 4. The highest BCUT2D eigenvalue weighted by molar-refractivity contribution is 7.89. The fraction of sp³-hybridized carbons (Fsp3) is 0.538. The molecule has 1 atom stereocenters. The lowest BCUT2D eigenvalue weighted by Gasteiger charge is -2.31. The molecule has 1 fully saturated rings. The van der Waals surface area contributed by atoms with Crippen molar-refractivity contribution in [1.82, 2.24) is 8.61 Å². The molecular weight excluding hydrogens is 312 g/mol. The van der Waals surface area contributed by atoms with Crippen molar-refractivity contribution >= 4 is 20.0 Å². The standard InChI is InChI=1S/C13H20N2O4S2/c1-11(2)13-14(20(3,16)17)9-10-15(13)21(18,19)12-7-5-4-6-8-12/h4-8,11,13H,9-10H2,1-3H3/t13-/m1/s1. The summed E-state index contributed by atoms with van der Waals surface area (Å²) in [5, 5.41) is 0.